The maximum atomic E-state index is 6.24. The quantitative estimate of drug-likeness (QED) is 0.152. The normalized spacial score (nSPS) is 29.1. The molecule has 0 bridgehead atoms. The van der Waals surface area contributed by atoms with Gasteiger partial charge in [-0.05, 0) is 64.2 Å². The van der Waals surface area contributed by atoms with Gasteiger partial charge in [-0.1, -0.05) is 56.6 Å². The summed E-state index contributed by atoms with van der Waals surface area (Å²) in [7, 11) is 0. The molecule has 3 heteroatoms. The van der Waals surface area contributed by atoms with E-state index in [9.17, 15) is 0 Å². The fraction of sp³-hybridized carbons (Fsp3) is 0.750. The Balaban J connectivity index is 1.43. The zero-order valence-corrected chi connectivity index (χ0v) is 17.3. The average Bonchev–Trinajstić information content (AvgIpc) is 3.18. The highest BCUT2D eigenvalue weighted by Gasteiger charge is 2.35. The van der Waals surface area contributed by atoms with Crippen LogP contribution in [0, 0.1) is 0 Å². The summed E-state index contributed by atoms with van der Waals surface area (Å²) in [5, 5.41) is 0. The third-order valence-electron chi connectivity index (χ3n) is 5.67. The van der Waals surface area contributed by atoms with Gasteiger partial charge in [0, 0.05) is 0 Å². The van der Waals surface area contributed by atoms with E-state index in [0.29, 0.717) is 6.10 Å². The Morgan fingerprint density at radius 2 is 1.52 bits per heavy atom. The van der Waals surface area contributed by atoms with Crippen LogP contribution in [0.5, 0.6) is 0 Å². The van der Waals surface area contributed by atoms with Crippen LogP contribution in [0.15, 0.2) is 37.0 Å². The van der Waals surface area contributed by atoms with Gasteiger partial charge in [-0.3, -0.25) is 0 Å². The molecule has 2 heterocycles. The van der Waals surface area contributed by atoms with Gasteiger partial charge in [0.15, 0.2) is 0 Å². The van der Waals surface area contributed by atoms with E-state index < -0.39 is 0 Å². The molecule has 0 aliphatic carbocycles. The first kappa shape index (κ1) is 22.4. The molecule has 2 rings (SSSR count). The molecule has 4 atom stereocenters. The molecule has 27 heavy (non-hydrogen) atoms. The summed E-state index contributed by atoms with van der Waals surface area (Å²) in [6.07, 6.45) is 27.2. The molecule has 0 saturated carbocycles. The lowest BCUT2D eigenvalue weighted by molar-refractivity contribution is -0.386. The van der Waals surface area contributed by atoms with Gasteiger partial charge in [-0.15, -0.1) is 6.58 Å². The van der Waals surface area contributed by atoms with Crippen LogP contribution in [0.3, 0.4) is 0 Å². The molecular weight excluding hydrogens is 336 g/mol. The number of hydrogen-bond acceptors (Lipinski definition) is 3. The van der Waals surface area contributed by atoms with E-state index in [1.54, 1.807) is 0 Å². The van der Waals surface area contributed by atoms with Gasteiger partial charge in [0.2, 0.25) is 0 Å². The van der Waals surface area contributed by atoms with Crippen LogP contribution >= 0.6 is 0 Å². The van der Waals surface area contributed by atoms with E-state index in [1.165, 1.54) is 44.9 Å². The number of hydrogen-bond donors (Lipinski definition) is 0. The number of ether oxygens (including phenoxy) is 1. The summed E-state index contributed by atoms with van der Waals surface area (Å²) >= 11 is 0. The van der Waals surface area contributed by atoms with E-state index in [4.69, 9.17) is 14.5 Å². The van der Waals surface area contributed by atoms with Crippen molar-refractivity contribution in [3.63, 3.8) is 0 Å². The van der Waals surface area contributed by atoms with E-state index in [2.05, 4.69) is 37.8 Å². The smallest absolute Gasteiger partial charge is 0.119 e. The predicted molar refractivity (Wildman–Crippen MR) is 113 cm³/mol. The van der Waals surface area contributed by atoms with E-state index in [0.717, 1.165) is 38.5 Å². The Morgan fingerprint density at radius 3 is 2.26 bits per heavy atom. The molecular formula is C24H40O3. The molecule has 0 radical (unpaired) electrons. The van der Waals surface area contributed by atoms with Gasteiger partial charge in [-0.2, -0.15) is 0 Å². The molecule has 0 unspecified atom stereocenters. The van der Waals surface area contributed by atoms with Crippen molar-refractivity contribution in [3.05, 3.63) is 37.0 Å². The van der Waals surface area contributed by atoms with Crippen LogP contribution in [0.25, 0.3) is 0 Å². The van der Waals surface area contributed by atoms with Gasteiger partial charge in [-0.25, -0.2) is 9.78 Å². The van der Waals surface area contributed by atoms with Crippen LogP contribution in [0.2, 0.25) is 0 Å². The van der Waals surface area contributed by atoms with E-state index >= 15 is 0 Å². The van der Waals surface area contributed by atoms with Crippen molar-refractivity contribution in [3.8, 4) is 0 Å². The summed E-state index contributed by atoms with van der Waals surface area (Å²) in [6.45, 7) is 5.88. The Kier molecular flexibility index (Phi) is 11.7. The summed E-state index contributed by atoms with van der Waals surface area (Å²) in [5.74, 6) is 0. The van der Waals surface area contributed by atoms with Crippen LogP contribution in [0.4, 0.5) is 0 Å². The zero-order chi connectivity index (χ0) is 19.2. The first-order valence-corrected chi connectivity index (χ1v) is 11.2. The second-order valence-electron chi connectivity index (χ2n) is 7.93. The lowest BCUT2D eigenvalue weighted by Gasteiger charge is -2.30. The third kappa shape index (κ3) is 9.23. The molecule has 0 aromatic heterocycles. The molecule has 0 aromatic rings. The summed E-state index contributed by atoms with van der Waals surface area (Å²) in [5.41, 5.74) is 0. The maximum absolute atomic E-state index is 6.24. The molecule has 0 spiro atoms. The number of unbranched alkanes of at least 4 members (excludes halogenated alkanes) is 5. The third-order valence-corrected chi connectivity index (χ3v) is 5.67. The minimum Gasteiger partial charge on any atom is -0.372 e. The predicted octanol–water partition coefficient (Wildman–Crippen LogP) is 6.84. The van der Waals surface area contributed by atoms with Crippen molar-refractivity contribution in [1.29, 1.82) is 0 Å². The second-order valence-corrected chi connectivity index (χ2v) is 7.93. The molecule has 2 saturated heterocycles. The van der Waals surface area contributed by atoms with Gasteiger partial charge >= 0.3 is 0 Å². The molecule has 2 fully saturated rings. The lowest BCUT2D eigenvalue weighted by atomic mass is 10.0. The minimum atomic E-state index is 0.149. The lowest BCUT2D eigenvalue weighted by Crippen LogP contribution is -2.36. The molecule has 154 valence electrons. The summed E-state index contributed by atoms with van der Waals surface area (Å²) in [4.78, 5) is 11.1. The SMILES string of the molecule is C=CCC/C=C/C=C\CCCCCC[C@H]1CC[C@@H]([C@H]2CC[C@@H](CC)OO2)O1. The van der Waals surface area contributed by atoms with Crippen LogP contribution in [0.1, 0.15) is 90.4 Å². The maximum Gasteiger partial charge on any atom is 0.119 e. The highest BCUT2D eigenvalue weighted by Crippen LogP contribution is 2.31. The number of rotatable bonds is 13. The van der Waals surface area contributed by atoms with Crippen molar-refractivity contribution >= 4 is 0 Å². The molecule has 0 amide bonds. The summed E-state index contributed by atoms with van der Waals surface area (Å²) < 4.78 is 6.24. The highest BCUT2D eigenvalue weighted by molar-refractivity contribution is 5.02. The number of allylic oxidation sites excluding steroid dienone is 5. The molecule has 2 aliphatic rings. The van der Waals surface area contributed by atoms with Crippen molar-refractivity contribution in [2.24, 2.45) is 0 Å². The molecule has 3 nitrogen and oxygen atoms in total. The van der Waals surface area contributed by atoms with Gasteiger partial charge < -0.3 is 4.74 Å². The molecule has 2 aliphatic heterocycles. The topological polar surface area (TPSA) is 27.7 Å². The van der Waals surface area contributed by atoms with Crippen molar-refractivity contribution in [1.82, 2.24) is 0 Å². The Labute approximate surface area is 166 Å². The van der Waals surface area contributed by atoms with E-state index in [-0.39, 0.29) is 18.3 Å². The zero-order valence-electron chi connectivity index (χ0n) is 17.3. The first-order chi connectivity index (χ1) is 13.3. The Hall–Kier alpha value is -0.900. The highest BCUT2D eigenvalue weighted by atomic mass is 17.2. The fourth-order valence-corrected chi connectivity index (χ4v) is 3.89. The molecule has 0 aromatic carbocycles. The van der Waals surface area contributed by atoms with Gasteiger partial charge in [0.1, 0.15) is 6.10 Å². The fourth-order valence-electron chi connectivity index (χ4n) is 3.89. The Bertz CT molecular complexity index is 435. The van der Waals surface area contributed by atoms with Crippen LogP contribution < -0.4 is 0 Å². The van der Waals surface area contributed by atoms with E-state index in [1.807, 2.05) is 6.08 Å². The Morgan fingerprint density at radius 1 is 0.778 bits per heavy atom. The average molecular weight is 377 g/mol. The van der Waals surface area contributed by atoms with Crippen LogP contribution in [-0.4, -0.2) is 24.4 Å². The summed E-state index contributed by atoms with van der Waals surface area (Å²) in [6, 6.07) is 0. The largest absolute Gasteiger partial charge is 0.372 e. The van der Waals surface area contributed by atoms with Gasteiger partial charge in [0.05, 0.1) is 18.3 Å². The van der Waals surface area contributed by atoms with Crippen molar-refractivity contribution in [2.75, 3.05) is 0 Å². The van der Waals surface area contributed by atoms with Crippen LogP contribution in [-0.2, 0) is 14.5 Å². The monoisotopic (exact) mass is 376 g/mol. The first-order valence-electron chi connectivity index (χ1n) is 11.2. The van der Waals surface area contributed by atoms with Gasteiger partial charge in [0.25, 0.3) is 0 Å². The molecule has 0 N–H and O–H groups in total. The minimum absolute atomic E-state index is 0.149. The van der Waals surface area contributed by atoms with Crippen molar-refractivity contribution < 1.29 is 14.5 Å². The standard InChI is InChI=1S/C24H40O3/c1-3-5-6-7-8-9-10-11-12-13-14-15-16-22-18-19-23(25-22)24-20-17-21(4-2)26-27-24/h3,7-10,21-24H,1,4-6,11-20H2,2H3/b8-7+,10-9-/t21-,22+,23+,24-/m1/s1. The van der Waals surface area contributed by atoms with Crippen molar-refractivity contribution in [2.45, 2.75) is 115 Å². The second kappa shape index (κ2) is 14.1.